The van der Waals surface area contributed by atoms with Gasteiger partial charge in [-0.15, -0.1) is 0 Å². The fourth-order valence-corrected chi connectivity index (χ4v) is 1.79. The number of aromatic nitrogens is 1. The van der Waals surface area contributed by atoms with Crippen LogP contribution in [0.15, 0.2) is 30.5 Å². The van der Waals surface area contributed by atoms with Crippen molar-refractivity contribution in [1.29, 1.82) is 5.26 Å². The lowest BCUT2D eigenvalue weighted by Gasteiger charge is -2.05. The minimum absolute atomic E-state index is 0.0343. The van der Waals surface area contributed by atoms with Gasteiger partial charge in [0, 0.05) is 17.5 Å². The van der Waals surface area contributed by atoms with Crippen LogP contribution in [0.1, 0.15) is 32.0 Å². The number of benzene rings is 1. The number of aromatic carboxylic acids is 1. The molecule has 0 aliphatic heterocycles. The Morgan fingerprint density at radius 2 is 1.95 bits per heavy atom. The van der Waals surface area contributed by atoms with Crippen LogP contribution in [-0.4, -0.2) is 22.0 Å². The summed E-state index contributed by atoms with van der Waals surface area (Å²) in [6.07, 6.45) is 1.43. The first-order valence-corrected chi connectivity index (χ1v) is 5.75. The number of nitrogens with zero attached hydrogens (tertiary/aromatic N) is 1. The topological polar surface area (TPSA) is 106 Å². The summed E-state index contributed by atoms with van der Waals surface area (Å²) in [6.45, 7) is 1.61. The number of rotatable bonds is 3. The summed E-state index contributed by atoms with van der Waals surface area (Å²) in [5, 5.41) is 20.3. The van der Waals surface area contributed by atoms with Crippen LogP contribution < -0.4 is 5.32 Å². The molecule has 0 saturated heterocycles. The third kappa shape index (κ3) is 2.52. The predicted molar refractivity (Wildman–Crippen MR) is 71.6 cm³/mol. The molecule has 0 radical (unpaired) electrons. The number of aromatic amines is 1. The number of nitriles is 1. The van der Waals surface area contributed by atoms with E-state index in [2.05, 4.69) is 10.3 Å². The van der Waals surface area contributed by atoms with Gasteiger partial charge in [-0.05, 0) is 31.2 Å². The second-order valence-electron chi connectivity index (χ2n) is 4.15. The van der Waals surface area contributed by atoms with Crippen LogP contribution in [0.3, 0.4) is 0 Å². The number of aryl methyl sites for hydroxylation is 1. The Balaban J connectivity index is 2.24. The highest BCUT2D eigenvalue weighted by Crippen LogP contribution is 2.20. The van der Waals surface area contributed by atoms with Gasteiger partial charge in [0.15, 0.2) is 0 Å². The van der Waals surface area contributed by atoms with E-state index < -0.39 is 11.9 Å². The van der Waals surface area contributed by atoms with E-state index in [1.807, 2.05) is 6.07 Å². The van der Waals surface area contributed by atoms with Gasteiger partial charge < -0.3 is 15.4 Å². The van der Waals surface area contributed by atoms with Gasteiger partial charge in [-0.25, -0.2) is 4.79 Å². The number of hydrogen-bond acceptors (Lipinski definition) is 3. The van der Waals surface area contributed by atoms with E-state index in [1.54, 1.807) is 6.92 Å². The molecule has 1 heterocycles. The number of carbonyl (C=O) groups excluding carboxylic acids is 1. The zero-order valence-electron chi connectivity index (χ0n) is 10.6. The lowest BCUT2D eigenvalue weighted by atomic mass is 10.1. The monoisotopic (exact) mass is 269 g/mol. The van der Waals surface area contributed by atoms with Gasteiger partial charge in [-0.2, -0.15) is 5.26 Å². The molecule has 0 aliphatic carbocycles. The van der Waals surface area contributed by atoms with Crippen LogP contribution in [0.5, 0.6) is 0 Å². The van der Waals surface area contributed by atoms with Crippen molar-refractivity contribution in [3.8, 4) is 6.07 Å². The van der Waals surface area contributed by atoms with Crippen LogP contribution >= 0.6 is 0 Å². The van der Waals surface area contributed by atoms with E-state index in [1.165, 1.54) is 30.5 Å². The minimum Gasteiger partial charge on any atom is -0.478 e. The number of hydrogen-bond donors (Lipinski definition) is 3. The van der Waals surface area contributed by atoms with Gasteiger partial charge in [-0.3, -0.25) is 4.79 Å². The zero-order valence-corrected chi connectivity index (χ0v) is 10.6. The maximum Gasteiger partial charge on any atom is 0.339 e. The molecule has 0 aliphatic rings. The van der Waals surface area contributed by atoms with Gasteiger partial charge in [-0.1, -0.05) is 0 Å². The van der Waals surface area contributed by atoms with Gasteiger partial charge in [0.25, 0.3) is 5.91 Å². The number of H-pyrrole nitrogens is 1. The molecular formula is C14H11N3O3. The van der Waals surface area contributed by atoms with Gasteiger partial charge in [0.05, 0.1) is 17.3 Å². The van der Waals surface area contributed by atoms with Crippen molar-refractivity contribution >= 4 is 17.6 Å². The van der Waals surface area contributed by atoms with E-state index in [9.17, 15) is 9.59 Å². The zero-order chi connectivity index (χ0) is 14.7. The summed E-state index contributed by atoms with van der Waals surface area (Å²) in [5.41, 5.74) is 1.51. The van der Waals surface area contributed by atoms with Crippen LogP contribution in [0.2, 0.25) is 0 Å². The number of carbonyl (C=O) groups is 2. The quantitative estimate of drug-likeness (QED) is 0.793. The van der Waals surface area contributed by atoms with Crippen molar-refractivity contribution in [1.82, 2.24) is 4.98 Å². The first kappa shape index (κ1) is 13.4. The lowest BCUT2D eigenvalue weighted by Crippen LogP contribution is -2.14. The van der Waals surface area contributed by atoms with Crippen molar-refractivity contribution in [2.24, 2.45) is 0 Å². The Kier molecular flexibility index (Phi) is 3.53. The third-order valence-electron chi connectivity index (χ3n) is 2.82. The fourth-order valence-electron chi connectivity index (χ4n) is 1.79. The Morgan fingerprint density at radius 1 is 1.30 bits per heavy atom. The van der Waals surface area contributed by atoms with Crippen molar-refractivity contribution in [2.75, 3.05) is 5.32 Å². The summed E-state index contributed by atoms with van der Waals surface area (Å²) in [7, 11) is 0. The highest BCUT2D eigenvalue weighted by atomic mass is 16.4. The second-order valence-corrected chi connectivity index (χ2v) is 4.15. The maximum absolute atomic E-state index is 12.0. The molecular weight excluding hydrogens is 258 g/mol. The largest absolute Gasteiger partial charge is 0.478 e. The molecule has 1 amide bonds. The Labute approximate surface area is 114 Å². The Bertz CT molecular complexity index is 708. The molecule has 0 spiro atoms. The van der Waals surface area contributed by atoms with Gasteiger partial charge in [0.1, 0.15) is 5.56 Å². The average molecular weight is 269 g/mol. The molecule has 1 aromatic carbocycles. The minimum atomic E-state index is -1.11. The number of nitrogens with one attached hydrogen (secondary N) is 2. The molecule has 6 heteroatoms. The molecule has 100 valence electrons. The molecule has 0 fully saturated rings. The predicted octanol–water partition coefficient (Wildman–Crippen LogP) is 2.15. The summed E-state index contributed by atoms with van der Waals surface area (Å²) in [4.78, 5) is 25.8. The molecule has 0 atom stereocenters. The molecule has 3 N–H and O–H groups in total. The van der Waals surface area contributed by atoms with Gasteiger partial charge in [0.2, 0.25) is 0 Å². The second kappa shape index (κ2) is 5.28. The average Bonchev–Trinajstić information content (AvgIpc) is 2.79. The van der Waals surface area contributed by atoms with Crippen LogP contribution in [-0.2, 0) is 0 Å². The van der Waals surface area contributed by atoms with E-state index >= 15 is 0 Å². The lowest BCUT2D eigenvalue weighted by molar-refractivity contribution is 0.0697. The normalized spacial score (nSPS) is 9.80. The summed E-state index contributed by atoms with van der Waals surface area (Å²) >= 11 is 0. The van der Waals surface area contributed by atoms with Crippen molar-refractivity contribution in [3.05, 3.63) is 52.8 Å². The van der Waals surface area contributed by atoms with E-state index in [0.717, 1.165) is 0 Å². The van der Waals surface area contributed by atoms with Crippen LogP contribution in [0, 0.1) is 18.3 Å². The van der Waals surface area contributed by atoms with E-state index in [0.29, 0.717) is 16.8 Å². The number of carboxylic acids is 1. The first-order chi connectivity index (χ1) is 9.52. The maximum atomic E-state index is 12.0. The van der Waals surface area contributed by atoms with Crippen molar-refractivity contribution in [2.45, 2.75) is 6.92 Å². The van der Waals surface area contributed by atoms with Gasteiger partial charge >= 0.3 is 5.97 Å². The summed E-state index contributed by atoms with van der Waals surface area (Å²) in [5.74, 6) is -1.55. The SMILES string of the molecule is Cc1[nH]cc(NC(=O)c2ccc(C#N)cc2)c1C(=O)O. The molecule has 0 unspecified atom stereocenters. The summed E-state index contributed by atoms with van der Waals surface area (Å²) < 4.78 is 0. The first-order valence-electron chi connectivity index (χ1n) is 5.75. The Hall–Kier alpha value is -3.07. The molecule has 2 aromatic rings. The number of amides is 1. The molecule has 2 rings (SSSR count). The highest BCUT2D eigenvalue weighted by molar-refractivity contribution is 6.08. The van der Waals surface area contributed by atoms with Crippen molar-refractivity contribution in [3.63, 3.8) is 0 Å². The molecule has 1 aromatic heterocycles. The molecule has 20 heavy (non-hydrogen) atoms. The third-order valence-corrected chi connectivity index (χ3v) is 2.82. The number of anilines is 1. The molecule has 6 nitrogen and oxygen atoms in total. The summed E-state index contributed by atoms with van der Waals surface area (Å²) in [6, 6.07) is 8.02. The highest BCUT2D eigenvalue weighted by Gasteiger charge is 2.17. The Morgan fingerprint density at radius 3 is 2.50 bits per heavy atom. The molecule has 0 saturated carbocycles. The van der Waals surface area contributed by atoms with E-state index in [-0.39, 0.29) is 11.3 Å². The van der Waals surface area contributed by atoms with Crippen LogP contribution in [0.25, 0.3) is 0 Å². The molecule has 0 bridgehead atoms. The van der Waals surface area contributed by atoms with Crippen molar-refractivity contribution < 1.29 is 14.7 Å². The standard InChI is InChI=1S/C14H11N3O3/c1-8-12(14(19)20)11(7-16-8)17-13(18)10-4-2-9(6-15)3-5-10/h2-5,7,16H,1H3,(H,17,18)(H,19,20). The fraction of sp³-hybridized carbons (Fsp3) is 0.0714. The van der Waals surface area contributed by atoms with E-state index in [4.69, 9.17) is 10.4 Å². The van der Waals surface area contributed by atoms with Crippen LogP contribution in [0.4, 0.5) is 5.69 Å². The number of carboxylic acid groups (broad SMARTS) is 1. The smallest absolute Gasteiger partial charge is 0.339 e.